The summed E-state index contributed by atoms with van der Waals surface area (Å²) in [6.07, 6.45) is 0. The Morgan fingerprint density at radius 1 is 0.833 bits per heavy atom. The van der Waals surface area contributed by atoms with Crippen molar-refractivity contribution in [1.82, 2.24) is 5.32 Å². The van der Waals surface area contributed by atoms with Crippen molar-refractivity contribution in [3.63, 3.8) is 0 Å². The van der Waals surface area contributed by atoms with Crippen LogP contribution in [0.15, 0.2) is 48.5 Å². The molecule has 0 aliphatic carbocycles. The summed E-state index contributed by atoms with van der Waals surface area (Å²) in [4.78, 5) is 0. The lowest BCUT2D eigenvalue weighted by molar-refractivity contribution is 0.708. The van der Waals surface area contributed by atoms with Gasteiger partial charge in [0.1, 0.15) is 0 Å². The molecule has 0 bridgehead atoms. The Labute approximate surface area is 118 Å². The third kappa shape index (κ3) is 3.26. The average Bonchev–Trinajstić information content (AvgIpc) is 2.39. The second-order valence-corrected chi connectivity index (χ2v) is 5.09. The van der Waals surface area contributed by atoms with Crippen LogP contribution in [-0.2, 0) is 0 Å². The largest absolute Gasteiger partial charge is 0.319 e. The van der Waals surface area contributed by atoms with Crippen molar-refractivity contribution in [3.05, 3.63) is 69.7 Å². The molecule has 1 N–H and O–H groups in total. The number of hydrogen-bond acceptors (Lipinski definition) is 1. The number of likely N-dealkylation sites (N-methyl/N-ethyl adjacent to an activating group) is 1. The quantitative estimate of drug-likeness (QED) is 0.878. The second kappa shape index (κ2) is 6.24. The maximum absolute atomic E-state index is 5.93. The molecule has 0 aliphatic rings. The van der Waals surface area contributed by atoms with Gasteiger partial charge in [0.15, 0.2) is 0 Å². The first-order valence-corrected chi connectivity index (χ1v) is 6.62. The minimum atomic E-state index is 0.310. The third-order valence-corrected chi connectivity index (χ3v) is 3.46. The number of nitrogens with one attached hydrogen (secondary N) is 1. The van der Waals surface area contributed by atoms with Gasteiger partial charge in [-0.15, -0.1) is 0 Å². The van der Waals surface area contributed by atoms with Crippen LogP contribution in [0, 0.1) is 0 Å². The first kappa shape index (κ1) is 13.4. The van der Waals surface area contributed by atoms with Crippen molar-refractivity contribution in [3.8, 4) is 0 Å². The minimum Gasteiger partial charge on any atom is -0.319 e. The molecular formula is C15H15Cl2N. The Hall–Kier alpha value is -1.02. The van der Waals surface area contributed by atoms with Gasteiger partial charge in [0, 0.05) is 22.5 Å². The highest BCUT2D eigenvalue weighted by Gasteiger charge is 2.13. The molecule has 3 heteroatoms. The summed E-state index contributed by atoms with van der Waals surface area (Å²) in [6.45, 7) is 0.878. The van der Waals surface area contributed by atoms with Gasteiger partial charge in [-0.3, -0.25) is 0 Å². The van der Waals surface area contributed by atoms with Crippen LogP contribution >= 0.6 is 23.2 Å². The Morgan fingerprint density at radius 2 is 1.22 bits per heavy atom. The van der Waals surface area contributed by atoms with Gasteiger partial charge in [0.05, 0.1) is 0 Å². The minimum absolute atomic E-state index is 0.310. The van der Waals surface area contributed by atoms with E-state index in [1.807, 2.05) is 31.3 Å². The molecule has 0 aliphatic heterocycles. The molecule has 0 radical (unpaired) electrons. The van der Waals surface area contributed by atoms with Crippen LogP contribution in [0.25, 0.3) is 0 Å². The lowest BCUT2D eigenvalue weighted by atomic mass is 9.91. The predicted molar refractivity (Wildman–Crippen MR) is 78.7 cm³/mol. The normalized spacial score (nSPS) is 10.9. The summed E-state index contributed by atoms with van der Waals surface area (Å²) in [7, 11) is 1.96. The summed E-state index contributed by atoms with van der Waals surface area (Å²) in [6, 6.07) is 16.0. The maximum atomic E-state index is 5.93. The van der Waals surface area contributed by atoms with Crippen LogP contribution in [0.4, 0.5) is 0 Å². The van der Waals surface area contributed by atoms with E-state index in [4.69, 9.17) is 23.2 Å². The molecule has 0 saturated heterocycles. The summed E-state index contributed by atoms with van der Waals surface area (Å²) in [5.41, 5.74) is 2.49. The highest BCUT2D eigenvalue weighted by molar-refractivity contribution is 6.30. The standard InChI is InChI=1S/C15H15Cl2N/c1-18-10-15(11-2-6-13(16)7-3-11)12-4-8-14(17)9-5-12/h2-9,15,18H,10H2,1H3. The molecule has 18 heavy (non-hydrogen) atoms. The van der Waals surface area contributed by atoms with E-state index in [9.17, 15) is 0 Å². The van der Waals surface area contributed by atoms with Gasteiger partial charge in [0.2, 0.25) is 0 Å². The zero-order valence-corrected chi connectivity index (χ0v) is 11.7. The first-order valence-electron chi connectivity index (χ1n) is 5.86. The highest BCUT2D eigenvalue weighted by Crippen LogP contribution is 2.26. The van der Waals surface area contributed by atoms with E-state index >= 15 is 0 Å². The lowest BCUT2D eigenvalue weighted by Gasteiger charge is -2.18. The molecule has 0 fully saturated rings. The molecule has 2 aromatic carbocycles. The van der Waals surface area contributed by atoms with E-state index in [-0.39, 0.29) is 0 Å². The molecule has 0 aromatic heterocycles. The van der Waals surface area contributed by atoms with Gasteiger partial charge in [-0.2, -0.15) is 0 Å². The topological polar surface area (TPSA) is 12.0 Å². The van der Waals surface area contributed by atoms with Crippen molar-refractivity contribution in [2.45, 2.75) is 5.92 Å². The Kier molecular flexibility index (Phi) is 4.65. The Morgan fingerprint density at radius 3 is 1.56 bits per heavy atom. The van der Waals surface area contributed by atoms with Gasteiger partial charge >= 0.3 is 0 Å². The molecule has 0 heterocycles. The molecule has 1 nitrogen and oxygen atoms in total. The van der Waals surface area contributed by atoms with Gasteiger partial charge in [-0.1, -0.05) is 47.5 Å². The van der Waals surface area contributed by atoms with Crippen molar-refractivity contribution in [2.75, 3.05) is 13.6 Å². The molecule has 0 unspecified atom stereocenters. The van der Waals surface area contributed by atoms with Gasteiger partial charge in [0.25, 0.3) is 0 Å². The summed E-state index contributed by atoms with van der Waals surface area (Å²) in [5.74, 6) is 0.310. The summed E-state index contributed by atoms with van der Waals surface area (Å²) in [5, 5.41) is 4.75. The van der Waals surface area contributed by atoms with Gasteiger partial charge in [-0.25, -0.2) is 0 Å². The van der Waals surface area contributed by atoms with Crippen LogP contribution in [-0.4, -0.2) is 13.6 Å². The number of benzene rings is 2. The first-order chi connectivity index (χ1) is 8.70. The predicted octanol–water partition coefficient (Wildman–Crippen LogP) is 4.34. The van der Waals surface area contributed by atoms with E-state index in [0.717, 1.165) is 16.6 Å². The fraction of sp³-hybridized carbons (Fsp3) is 0.200. The van der Waals surface area contributed by atoms with Gasteiger partial charge in [-0.05, 0) is 42.4 Å². The monoisotopic (exact) mass is 279 g/mol. The molecule has 94 valence electrons. The fourth-order valence-electron chi connectivity index (χ4n) is 2.02. The SMILES string of the molecule is CNCC(c1ccc(Cl)cc1)c1ccc(Cl)cc1. The molecule has 0 amide bonds. The van der Waals surface area contributed by atoms with Crippen molar-refractivity contribution in [2.24, 2.45) is 0 Å². The summed E-state index contributed by atoms with van der Waals surface area (Å²) < 4.78 is 0. The lowest BCUT2D eigenvalue weighted by Crippen LogP contribution is -2.18. The van der Waals surface area contributed by atoms with Crippen LogP contribution in [0.5, 0.6) is 0 Å². The van der Waals surface area contributed by atoms with Crippen molar-refractivity contribution < 1.29 is 0 Å². The number of rotatable bonds is 4. The molecule has 0 atom stereocenters. The Balaban J connectivity index is 2.33. The van der Waals surface area contributed by atoms with Crippen LogP contribution in [0.3, 0.4) is 0 Å². The van der Waals surface area contributed by atoms with Crippen LogP contribution in [0.2, 0.25) is 10.0 Å². The van der Waals surface area contributed by atoms with Crippen LogP contribution in [0.1, 0.15) is 17.0 Å². The van der Waals surface area contributed by atoms with Crippen LogP contribution < -0.4 is 5.32 Å². The van der Waals surface area contributed by atoms with E-state index in [2.05, 4.69) is 29.6 Å². The summed E-state index contributed by atoms with van der Waals surface area (Å²) >= 11 is 11.9. The van der Waals surface area contributed by atoms with E-state index in [1.54, 1.807) is 0 Å². The van der Waals surface area contributed by atoms with Gasteiger partial charge < -0.3 is 5.32 Å². The molecule has 0 spiro atoms. The zero-order chi connectivity index (χ0) is 13.0. The molecule has 0 saturated carbocycles. The van der Waals surface area contributed by atoms with Crippen molar-refractivity contribution >= 4 is 23.2 Å². The second-order valence-electron chi connectivity index (χ2n) is 4.21. The van der Waals surface area contributed by atoms with E-state index in [1.165, 1.54) is 11.1 Å². The smallest absolute Gasteiger partial charge is 0.0406 e. The molecular weight excluding hydrogens is 265 g/mol. The number of halogens is 2. The molecule has 2 rings (SSSR count). The van der Waals surface area contributed by atoms with Crippen molar-refractivity contribution in [1.29, 1.82) is 0 Å². The fourth-order valence-corrected chi connectivity index (χ4v) is 2.27. The molecule has 2 aromatic rings. The van der Waals surface area contributed by atoms with E-state index in [0.29, 0.717) is 5.92 Å². The number of hydrogen-bond donors (Lipinski definition) is 1. The average molecular weight is 280 g/mol. The van der Waals surface area contributed by atoms with E-state index < -0.39 is 0 Å². The Bertz CT molecular complexity index is 445. The highest BCUT2D eigenvalue weighted by atomic mass is 35.5. The zero-order valence-electron chi connectivity index (χ0n) is 10.2. The third-order valence-electron chi connectivity index (χ3n) is 2.95. The maximum Gasteiger partial charge on any atom is 0.0406 e.